The third-order valence-electron chi connectivity index (χ3n) is 5.34. The molecular formula is C27H36N4O4. The summed E-state index contributed by atoms with van der Waals surface area (Å²) >= 11 is 0. The molecule has 4 amide bonds. The molecule has 2 rings (SSSR count). The predicted molar refractivity (Wildman–Crippen MR) is 138 cm³/mol. The van der Waals surface area contributed by atoms with E-state index in [0.717, 1.165) is 32.1 Å². The summed E-state index contributed by atoms with van der Waals surface area (Å²) in [6, 6.07) is 13.7. The number of rotatable bonds is 14. The molecular weight excluding hydrogens is 444 g/mol. The van der Waals surface area contributed by atoms with E-state index >= 15 is 0 Å². The topological polar surface area (TPSA) is 116 Å². The molecule has 0 aromatic heterocycles. The van der Waals surface area contributed by atoms with E-state index in [4.69, 9.17) is 0 Å². The minimum atomic E-state index is -0.130. The number of carbonyl (C=O) groups excluding carboxylic acids is 4. The predicted octanol–water partition coefficient (Wildman–Crippen LogP) is 4.49. The van der Waals surface area contributed by atoms with Gasteiger partial charge in [-0.25, -0.2) is 0 Å². The molecule has 0 heterocycles. The maximum Gasteiger partial charge on any atom is 0.251 e. The highest BCUT2D eigenvalue weighted by atomic mass is 16.2. The second-order valence-electron chi connectivity index (χ2n) is 8.24. The second kappa shape index (κ2) is 15.3. The average molecular weight is 481 g/mol. The lowest BCUT2D eigenvalue weighted by Gasteiger charge is -2.08. The van der Waals surface area contributed by atoms with E-state index in [9.17, 15) is 19.2 Å². The number of hydrogen-bond acceptors (Lipinski definition) is 4. The molecule has 8 heteroatoms. The van der Waals surface area contributed by atoms with Gasteiger partial charge in [0.2, 0.25) is 11.8 Å². The highest BCUT2D eigenvalue weighted by molar-refractivity contribution is 5.96. The first-order chi connectivity index (χ1) is 16.9. The summed E-state index contributed by atoms with van der Waals surface area (Å²) in [4.78, 5) is 47.8. The highest BCUT2D eigenvalue weighted by Gasteiger charge is 2.07. The van der Waals surface area contributed by atoms with Crippen molar-refractivity contribution in [3.05, 3.63) is 59.7 Å². The van der Waals surface area contributed by atoms with Crippen molar-refractivity contribution in [3.63, 3.8) is 0 Å². The molecule has 8 nitrogen and oxygen atoms in total. The van der Waals surface area contributed by atoms with Crippen molar-refractivity contribution < 1.29 is 19.2 Å². The molecule has 0 spiro atoms. The quantitative estimate of drug-likeness (QED) is 0.298. The molecule has 0 unspecified atom stereocenters. The van der Waals surface area contributed by atoms with Crippen LogP contribution >= 0.6 is 0 Å². The number of amides is 4. The van der Waals surface area contributed by atoms with Gasteiger partial charge in [-0.15, -0.1) is 0 Å². The number of benzene rings is 2. The van der Waals surface area contributed by atoms with Crippen LogP contribution in [0.2, 0.25) is 0 Å². The maximum atomic E-state index is 12.1. The average Bonchev–Trinajstić information content (AvgIpc) is 2.84. The van der Waals surface area contributed by atoms with Gasteiger partial charge in [-0.3, -0.25) is 19.2 Å². The Bertz CT molecular complexity index is 892. The van der Waals surface area contributed by atoms with Gasteiger partial charge in [0.05, 0.1) is 0 Å². The van der Waals surface area contributed by atoms with Crippen LogP contribution in [0.15, 0.2) is 48.5 Å². The Morgan fingerprint density at radius 1 is 0.543 bits per heavy atom. The number of nitrogens with one attached hydrogen (secondary N) is 4. The largest absolute Gasteiger partial charge is 0.352 e. The molecule has 0 aliphatic heterocycles. The molecule has 0 bridgehead atoms. The number of anilines is 2. The van der Waals surface area contributed by atoms with Crippen molar-refractivity contribution in [2.45, 2.75) is 58.8 Å². The van der Waals surface area contributed by atoms with Crippen LogP contribution in [0.4, 0.5) is 11.4 Å². The van der Waals surface area contributed by atoms with Gasteiger partial charge in [-0.2, -0.15) is 0 Å². The number of unbranched alkanes of at least 4 members (excludes halogenated alkanes) is 4. The van der Waals surface area contributed by atoms with E-state index in [1.54, 1.807) is 48.5 Å². The smallest absolute Gasteiger partial charge is 0.251 e. The lowest BCUT2D eigenvalue weighted by molar-refractivity contribution is -0.117. The Morgan fingerprint density at radius 2 is 0.886 bits per heavy atom. The molecule has 0 atom stereocenters. The summed E-state index contributed by atoms with van der Waals surface area (Å²) in [5, 5.41) is 11.2. The molecule has 0 saturated heterocycles. The van der Waals surface area contributed by atoms with Crippen LogP contribution in [-0.4, -0.2) is 36.7 Å². The minimum absolute atomic E-state index is 0.0478. The van der Waals surface area contributed by atoms with Gasteiger partial charge in [0, 0.05) is 48.4 Å². The van der Waals surface area contributed by atoms with Crippen LogP contribution < -0.4 is 21.3 Å². The molecule has 0 saturated carbocycles. The van der Waals surface area contributed by atoms with Crippen molar-refractivity contribution in [2.75, 3.05) is 23.7 Å². The third kappa shape index (κ3) is 10.4. The van der Waals surface area contributed by atoms with E-state index < -0.39 is 0 Å². The summed E-state index contributed by atoms with van der Waals surface area (Å²) < 4.78 is 0. The molecule has 35 heavy (non-hydrogen) atoms. The van der Waals surface area contributed by atoms with E-state index in [-0.39, 0.29) is 23.6 Å². The summed E-state index contributed by atoms with van der Waals surface area (Å²) in [6.07, 6.45) is 5.25. The zero-order valence-corrected chi connectivity index (χ0v) is 20.6. The first-order valence-corrected chi connectivity index (χ1v) is 12.3. The van der Waals surface area contributed by atoms with Gasteiger partial charge in [-0.1, -0.05) is 19.3 Å². The number of hydrogen-bond donors (Lipinski definition) is 4. The normalized spacial score (nSPS) is 10.3. The summed E-state index contributed by atoms with van der Waals surface area (Å²) in [7, 11) is 0. The Hall–Kier alpha value is -3.68. The zero-order valence-electron chi connectivity index (χ0n) is 20.6. The van der Waals surface area contributed by atoms with Crippen molar-refractivity contribution in [1.82, 2.24) is 10.6 Å². The first-order valence-electron chi connectivity index (χ1n) is 12.3. The van der Waals surface area contributed by atoms with Crippen LogP contribution in [0.5, 0.6) is 0 Å². The molecule has 188 valence electrons. The van der Waals surface area contributed by atoms with Gasteiger partial charge in [-0.05, 0) is 75.2 Å². The summed E-state index contributed by atoms with van der Waals surface area (Å²) in [5.74, 6) is -0.355. The summed E-state index contributed by atoms with van der Waals surface area (Å²) in [5.41, 5.74) is 2.47. The second-order valence-corrected chi connectivity index (χ2v) is 8.24. The molecule has 0 aliphatic rings. The van der Waals surface area contributed by atoms with E-state index in [2.05, 4.69) is 21.3 Å². The third-order valence-corrected chi connectivity index (χ3v) is 5.34. The standard InChI is InChI=1S/C27H36N4O4/c1-3-28-26(34)20-12-16-22(17-13-20)30-24(32)10-8-6-5-7-9-11-25(33)31-23-18-14-21(15-19-23)27(35)29-4-2/h12-19H,3-11H2,1-2H3,(H,28,34)(H,29,35)(H,30,32)(H,31,33). The molecule has 2 aromatic carbocycles. The molecule has 0 radical (unpaired) electrons. The van der Waals surface area contributed by atoms with Crippen molar-refractivity contribution >= 4 is 35.0 Å². The Balaban J connectivity index is 1.55. The van der Waals surface area contributed by atoms with Gasteiger partial charge in [0.1, 0.15) is 0 Å². The highest BCUT2D eigenvalue weighted by Crippen LogP contribution is 2.13. The number of carbonyl (C=O) groups is 4. The Kier molecular flexibility index (Phi) is 12.0. The van der Waals surface area contributed by atoms with E-state index in [1.165, 1.54) is 0 Å². The monoisotopic (exact) mass is 480 g/mol. The molecule has 4 N–H and O–H groups in total. The van der Waals surface area contributed by atoms with Crippen molar-refractivity contribution in [1.29, 1.82) is 0 Å². The SMILES string of the molecule is CCNC(=O)c1ccc(NC(=O)CCCCCCCC(=O)Nc2ccc(C(=O)NCC)cc2)cc1. The zero-order chi connectivity index (χ0) is 25.5. The van der Waals surface area contributed by atoms with Crippen molar-refractivity contribution in [3.8, 4) is 0 Å². The van der Waals surface area contributed by atoms with Crippen LogP contribution in [-0.2, 0) is 9.59 Å². The van der Waals surface area contributed by atoms with Gasteiger partial charge in [0.25, 0.3) is 11.8 Å². The lowest BCUT2D eigenvalue weighted by Crippen LogP contribution is -2.22. The molecule has 2 aromatic rings. The van der Waals surface area contributed by atoms with Crippen LogP contribution in [0.3, 0.4) is 0 Å². The van der Waals surface area contributed by atoms with Gasteiger partial charge >= 0.3 is 0 Å². The molecule has 0 aliphatic carbocycles. The molecule has 0 fully saturated rings. The van der Waals surface area contributed by atoms with Gasteiger partial charge < -0.3 is 21.3 Å². The fraction of sp³-hybridized carbons (Fsp3) is 0.407. The van der Waals surface area contributed by atoms with Crippen molar-refractivity contribution in [2.24, 2.45) is 0 Å². The summed E-state index contributed by atoms with van der Waals surface area (Å²) in [6.45, 7) is 4.87. The Morgan fingerprint density at radius 3 is 1.23 bits per heavy atom. The van der Waals surface area contributed by atoms with E-state index in [1.807, 2.05) is 13.8 Å². The minimum Gasteiger partial charge on any atom is -0.352 e. The lowest BCUT2D eigenvalue weighted by atomic mass is 10.1. The fourth-order valence-corrected chi connectivity index (χ4v) is 3.48. The van der Waals surface area contributed by atoms with Crippen LogP contribution in [0.1, 0.15) is 79.5 Å². The van der Waals surface area contributed by atoms with E-state index in [0.29, 0.717) is 48.4 Å². The van der Waals surface area contributed by atoms with Gasteiger partial charge in [0.15, 0.2) is 0 Å². The van der Waals surface area contributed by atoms with Crippen LogP contribution in [0, 0.1) is 0 Å². The fourth-order valence-electron chi connectivity index (χ4n) is 3.48. The van der Waals surface area contributed by atoms with Crippen LogP contribution in [0.25, 0.3) is 0 Å². The first kappa shape index (κ1) is 27.6. The Labute approximate surface area is 207 Å². The maximum absolute atomic E-state index is 12.1.